The van der Waals surface area contributed by atoms with Gasteiger partial charge in [-0.3, -0.25) is 0 Å². The minimum absolute atomic E-state index is 0. The Balaban J connectivity index is 0.00000180. The van der Waals surface area contributed by atoms with Crippen LogP contribution in [0, 0.1) is 0 Å². The molecule has 0 amide bonds. The molecule has 1 saturated heterocycles. The van der Waals surface area contributed by atoms with Gasteiger partial charge in [-0.05, 0) is 43.0 Å². The highest BCUT2D eigenvalue weighted by Gasteiger charge is 2.31. The topological polar surface area (TPSA) is 29.3 Å². The average molecular weight is 331 g/mol. The summed E-state index contributed by atoms with van der Waals surface area (Å²) >= 11 is 0. The molecule has 7 heteroatoms. The van der Waals surface area contributed by atoms with Crippen molar-refractivity contribution in [1.82, 2.24) is 0 Å². The summed E-state index contributed by atoms with van der Waals surface area (Å²) in [5.74, 6) is 0. The molecular weight excluding hydrogens is 312 g/mol. The van der Waals surface area contributed by atoms with Gasteiger partial charge < -0.3 is 10.6 Å². The number of nitrogens with zero attached hydrogens (tertiary/aromatic N) is 1. The molecule has 1 aliphatic heterocycles. The van der Waals surface area contributed by atoms with Crippen molar-refractivity contribution in [2.45, 2.75) is 32.0 Å². The third kappa shape index (κ3) is 4.43. The van der Waals surface area contributed by atoms with E-state index < -0.39 is 11.7 Å². The fourth-order valence-electron chi connectivity index (χ4n) is 2.37. The Bertz CT molecular complexity index is 419. The molecule has 2 rings (SSSR count). The second-order valence-electron chi connectivity index (χ2n) is 4.59. The van der Waals surface area contributed by atoms with Gasteiger partial charge in [0.05, 0.1) is 5.56 Å². The lowest BCUT2D eigenvalue weighted by atomic mass is 10.0. The van der Waals surface area contributed by atoms with E-state index in [-0.39, 0.29) is 31.4 Å². The number of rotatable bonds is 2. The van der Waals surface area contributed by atoms with Gasteiger partial charge in [0.15, 0.2) is 0 Å². The average Bonchev–Trinajstić information content (AvgIpc) is 2.38. The lowest BCUT2D eigenvalue weighted by Crippen LogP contribution is -2.30. The zero-order valence-corrected chi connectivity index (χ0v) is 12.6. The summed E-state index contributed by atoms with van der Waals surface area (Å²) in [7, 11) is 0. The summed E-state index contributed by atoms with van der Waals surface area (Å²) in [6.45, 7) is 1.94. The highest BCUT2D eigenvalue weighted by Crippen LogP contribution is 2.33. The molecule has 1 fully saturated rings. The van der Waals surface area contributed by atoms with Crippen LogP contribution < -0.4 is 10.6 Å². The van der Waals surface area contributed by atoms with E-state index in [1.807, 2.05) is 0 Å². The Morgan fingerprint density at radius 2 is 1.65 bits per heavy atom. The van der Waals surface area contributed by atoms with E-state index in [2.05, 4.69) is 4.90 Å². The molecule has 2 N–H and O–H groups in total. The number of halogens is 5. The number of benzene rings is 1. The van der Waals surface area contributed by atoms with E-state index >= 15 is 0 Å². The summed E-state index contributed by atoms with van der Waals surface area (Å²) in [6, 6.07) is 3.86. The number of piperidine rings is 1. The number of nitrogens with two attached hydrogens (primary N) is 1. The Labute approximate surface area is 129 Å². The summed E-state index contributed by atoms with van der Waals surface area (Å²) < 4.78 is 37.9. The van der Waals surface area contributed by atoms with Gasteiger partial charge in [-0.15, -0.1) is 24.8 Å². The highest BCUT2D eigenvalue weighted by molar-refractivity contribution is 5.85. The summed E-state index contributed by atoms with van der Waals surface area (Å²) in [4.78, 5) is 2.13. The van der Waals surface area contributed by atoms with Crippen LogP contribution in [0.1, 0.15) is 30.4 Å². The fraction of sp³-hybridized carbons (Fsp3) is 0.538. The molecule has 20 heavy (non-hydrogen) atoms. The maximum absolute atomic E-state index is 12.6. The maximum atomic E-state index is 12.6. The zero-order chi connectivity index (χ0) is 13.2. The van der Waals surface area contributed by atoms with Crippen LogP contribution in [-0.2, 0) is 12.7 Å². The van der Waals surface area contributed by atoms with E-state index in [0.717, 1.165) is 37.7 Å². The molecule has 0 saturated carbocycles. The van der Waals surface area contributed by atoms with Gasteiger partial charge in [0, 0.05) is 25.3 Å². The standard InChI is InChI=1S/C13H17F3N2.2ClH/c14-13(15,16)11-4-5-12(10(8-11)9-17)18-6-2-1-3-7-18;;/h4-5,8H,1-3,6-7,9,17H2;2*1H. The number of anilines is 1. The molecule has 0 aliphatic carbocycles. The number of alkyl halides is 3. The quantitative estimate of drug-likeness (QED) is 0.888. The van der Waals surface area contributed by atoms with Gasteiger partial charge >= 0.3 is 6.18 Å². The van der Waals surface area contributed by atoms with E-state index in [9.17, 15) is 13.2 Å². The lowest BCUT2D eigenvalue weighted by Gasteiger charge is -2.30. The van der Waals surface area contributed by atoms with Crippen molar-refractivity contribution < 1.29 is 13.2 Å². The normalized spacial score (nSPS) is 15.3. The van der Waals surface area contributed by atoms with E-state index in [1.165, 1.54) is 12.5 Å². The molecule has 0 bridgehead atoms. The Morgan fingerprint density at radius 3 is 2.15 bits per heavy atom. The molecule has 1 heterocycles. The van der Waals surface area contributed by atoms with Crippen molar-refractivity contribution in [3.05, 3.63) is 29.3 Å². The third-order valence-corrected chi connectivity index (χ3v) is 3.32. The van der Waals surface area contributed by atoms with E-state index in [0.29, 0.717) is 5.56 Å². The van der Waals surface area contributed by atoms with E-state index in [1.54, 1.807) is 6.07 Å². The van der Waals surface area contributed by atoms with Gasteiger partial charge in [0.25, 0.3) is 0 Å². The van der Waals surface area contributed by atoms with Gasteiger partial charge in [0.1, 0.15) is 0 Å². The first-order chi connectivity index (χ1) is 8.52. The van der Waals surface area contributed by atoms with Crippen LogP contribution >= 0.6 is 24.8 Å². The van der Waals surface area contributed by atoms with Gasteiger partial charge in [-0.1, -0.05) is 0 Å². The van der Waals surface area contributed by atoms with Gasteiger partial charge in [-0.2, -0.15) is 13.2 Å². The predicted octanol–water partition coefficient (Wildman–Crippen LogP) is 4.00. The molecule has 116 valence electrons. The SMILES string of the molecule is Cl.Cl.NCc1cc(C(F)(F)F)ccc1N1CCCCC1. The van der Waals surface area contributed by atoms with Crippen molar-refractivity contribution in [3.8, 4) is 0 Å². The highest BCUT2D eigenvalue weighted by atomic mass is 35.5. The molecule has 1 aromatic carbocycles. The zero-order valence-electron chi connectivity index (χ0n) is 10.9. The summed E-state index contributed by atoms with van der Waals surface area (Å²) in [5, 5.41) is 0. The molecule has 1 aromatic rings. The molecule has 0 aromatic heterocycles. The van der Waals surface area contributed by atoms with Gasteiger partial charge in [-0.25, -0.2) is 0 Å². The van der Waals surface area contributed by atoms with Crippen LogP contribution in [0.25, 0.3) is 0 Å². The van der Waals surface area contributed by atoms with Crippen LogP contribution in [0.15, 0.2) is 18.2 Å². The van der Waals surface area contributed by atoms with Crippen LogP contribution in [0.2, 0.25) is 0 Å². The molecule has 0 spiro atoms. The Morgan fingerprint density at radius 1 is 1.05 bits per heavy atom. The van der Waals surface area contributed by atoms with Crippen LogP contribution in [0.3, 0.4) is 0 Å². The molecule has 0 unspecified atom stereocenters. The maximum Gasteiger partial charge on any atom is 0.416 e. The predicted molar refractivity (Wildman–Crippen MR) is 79.9 cm³/mol. The second kappa shape index (κ2) is 7.96. The minimum atomic E-state index is -4.30. The molecule has 2 nitrogen and oxygen atoms in total. The third-order valence-electron chi connectivity index (χ3n) is 3.32. The first kappa shape index (κ1) is 19.4. The van der Waals surface area contributed by atoms with Crippen LogP contribution in [-0.4, -0.2) is 13.1 Å². The van der Waals surface area contributed by atoms with E-state index in [4.69, 9.17) is 5.73 Å². The van der Waals surface area contributed by atoms with Crippen molar-refractivity contribution >= 4 is 30.5 Å². The molecule has 0 atom stereocenters. The summed E-state index contributed by atoms with van der Waals surface area (Å²) in [6.07, 6.45) is -0.935. The number of hydrogen-bond donors (Lipinski definition) is 1. The lowest BCUT2D eigenvalue weighted by molar-refractivity contribution is -0.137. The molecule has 1 aliphatic rings. The van der Waals surface area contributed by atoms with Crippen molar-refractivity contribution in [2.75, 3.05) is 18.0 Å². The Hall–Kier alpha value is -0.650. The Kier molecular flexibility index (Phi) is 7.70. The van der Waals surface area contributed by atoms with Crippen molar-refractivity contribution in [1.29, 1.82) is 0 Å². The first-order valence-corrected chi connectivity index (χ1v) is 6.17. The van der Waals surface area contributed by atoms with Crippen LogP contribution in [0.5, 0.6) is 0 Å². The minimum Gasteiger partial charge on any atom is -0.371 e. The second-order valence-corrected chi connectivity index (χ2v) is 4.59. The van der Waals surface area contributed by atoms with Crippen molar-refractivity contribution in [3.63, 3.8) is 0 Å². The molecule has 0 radical (unpaired) electrons. The number of hydrogen-bond acceptors (Lipinski definition) is 2. The largest absolute Gasteiger partial charge is 0.416 e. The monoisotopic (exact) mass is 330 g/mol. The summed E-state index contributed by atoms with van der Waals surface area (Å²) in [5.41, 5.74) is 6.38. The fourth-order valence-corrected chi connectivity index (χ4v) is 2.37. The van der Waals surface area contributed by atoms with Crippen molar-refractivity contribution in [2.24, 2.45) is 5.73 Å². The first-order valence-electron chi connectivity index (χ1n) is 6.17. The molecular formula is C13H19Cl2F3N2. The smallest absolute Gasteiger partial charge is 0.371 e. The van der Waals surface area contributed by atoms with Gasteiger partial charge in [0.2, 0.25) is 0 Å². The van der Waals surface area contributed by atoms with Crippen LogP contribution in [0.4, 0.5) is 18.9 Å².